The van der Waals surface area contributed by atoms with Crippen LogP contribution in [0.1, 0.15) is 56.1 Å². The van der Waals surface area contributed by atoms with Gasteiger partial charge >= 0.3 is 6.01 Å². The number of aromatic nitrogens is 2. The smallest absolute Gasteiger partial charge is 0.319 e. The second-order valence-corrected chi connectivity index (χ2v) is 14.3. The van der Waals surface area contributed by atoms with Crippen molar-refractivity contribution in [3.8, 4) is 22.9 Å². The van der Waals surface area contributed by atoms with E-state index in [0.717, 1.165) is 68.0 Å². The second kappa shape index (κ2) is 12.9. The lowest BCUT2D eigenvalue weighted by atomic mass is 9.85. The first-order valence-corrected chi connectivity index (χ1v) is 17.7. The van der Waals surface area contributed by atoms with Crippen molar-refractivity contribution in [2.75, 3.05) is 50.8 Å². The number of anilines is 1. The molecule has 256 valence electrons. The predicted molar refractivity (Wildman–Crippen MR) is 183 cm³/mol. The summed E-state index contributed by atoms with van der Waals surface area (Å²) in [6.07, 6.45) is 7.87. The highest BCUT2D eigenvalue weighted by Crippen LogP contribution is 2.45. The Labute approximate surface area is 285 Å². The Morgan fingerprint density at radius 3 is 2.73 bits per heavy atom. The van der Waals surface area contributed by atoms with E-state index in [1.54, 1.807) is 0 Å². The molecule has 1 saturated carbocycles. The van der Waals surface area contributed by atoms with Gasteiger partial charge < -0.3 is 24.1 Å². The summed E-state index contributed by atoms with van der Waals surface area (Å²) in [6.45, 7) is 13.2. The minimum atomic E-state index is -1.04. The van der Waals surface area contributed by atoms with Crippen molar-refractivity contribution in [3.63, 3.8) is 0 Å². The molecule has 3 atom stereocenters. The van der Waals surface area contributed by atoms with Crippen molar-refractivity contribution in [2.45, 2.75) is 81.6 Å². The van der Waals surface area contributed by atoms with E-state index in [9.17, 15) is 13.6 Å². The fourth-order valence-electron chi connectivity index (χ4n) is 8.54. The molecule has 3 aromatic rings. The lowest BCUT2D eigenvalue weighted by molar-refractivity contribution is -0.131. The van der Waals surface area contributed by atoms with Crippen molar-refractivity contribution in [3.05, 3.63) is 65.3 Å². The van der Waals surface area contributed by atoms with Gasteiger partial charge in [-0.15, -0.1) is 0 Å². The molecule has 3 aliphatic heterocycles. The summed E-state index contributed by atoms with van der Waals surface area (Å²) in [7, 11) is 0. The molecule has 2 aliphatic carbocycles. The van der Waals surface area contributed by atoms with Crippen molar-refractivity contribution < 1.29 is 23.0 Å². The van der Waals surface area contributed by atoms with Crippen LogP contribution in [0.25, 0.3) is 26.9 Å². The summed E-state index contributed by atoms with van der Waals surface area (Å²) in [5.74, 6) is -0.507. The molecular weight excluding hydrogens is 626 g/mol. The van der Waals surface area contributed by atoms with Gasteiger partial charge in [0, 0.05) is 43.5 Å². The van der Waals surface area contributed by atoms with Crippen LogP contribution in [0, 0.1) is 6.57 Å². The molecule has 4 fully saturated rings. The maximum Gasteiger partial charge on any atom is 0.319 e. The number of ether oxygens (including phenoxy) is 2. The maximum absolute atomic E-state index is 14.6. The Bertz CT molecular complexity index is 1840. The predicted octanol–water partition coefficient (Wildman–Crippen LogP) is 6.09. The van der Waals surface area contributed by atoms with Gasteiger partial charge in [-0.05, 0) is 86.7 Å². The lowest BCUT2D eigenvalue weighted by Gasteiger charge is -2.39. The number of halogens is 2. The number of fused-ring (bicyclic) bond motifs is 3. The number of rotatable bonds is 9. The molecule has 0 unspecified atom stereocenters. The largest absolute Gasteiger partial charge is 0.487 e. The summed E-state index contributed by atoms with van der Waals surface area (Å²) >= 11 is 0. The minimum absolute atomic E-state index is 0.0178. The summed E-state index contributed by atoms with van der Waals surface area (Å²) in [6, 6.07) is 10.3. The van der Waals surface area contributed by atoms with Gasteiger partial charge in [-0.2, -0.15) is 9.97 Å². The van der Waals surface area contributed by atoms with Gasteiger partial charge in [0.25, 0.3) is 5.91 Å². The molecule has 0 bridgehead atoms. The van der Waals surface area contributed by atoms with Gasteiger partial charge in [-0.25, -0.2) is 15.4 Å². The van der Waals surface area contributed by atoms with Crippen LogP contribution in [-0.4, -0.2) is 95.4 Å². The SMILES string of the molecule is [C-]#[N+]C[C@H]1CN(c2nc(OC[C@@]34CCCN3C[C@H](F)C4)nc3c(OC4CC4)c(-c4cccc5c4CCCC5)ccc23)CCN1C(=O)C(=C)F. The zero-order valence-corrected chi connectivity index (χ0v) is 27.8. The molecule has 4 heterocycles. The fourth-order valence-corrected chi connectivity index (χ4v) is 8.54. The Balaban J connectivity index is 1.24. The van der Waals surface area contributed by atoms with E-state index in [2.05, 4.69) is 40.6 Å². The molecular formula is C38H42F2N6O3. The zero-order valence-electron chi connectivity index (χ0n) is 27.8. The Morgan fingerprint density at radius 2 is 1.92 bits per heavy atom. The van der Waals surface area contributed by atoms with Crippen LogP contribution in [0.4, 0.5) is 14.6 Å². The third kappa shape index (κ3) is 5.98. The van der Waals surface area contributed by atoms with Crippen LogP contribution in [0.2, 0.25) is 0 Å². The summed E-state index contributed by atoms with van der Waals surface area (Å²) < 4.78 is 41.8. The number of amides is 1. The Morgan fingerprint density at radius 1 is 1.06 bits per heavy atom. The van der Waals surface area contributed by atoms with Gasteiger partial charge in [0.1, 0.15) is 30.2 Å². The van der Waals surface area contributed by atoms with Gasteiger partial charge in [0.05, 0.1) is 11.6 Å². The van der Waals surface area contributed by atoms with Crippen molar-refractivity contribution >= 4 is 22.6 Å². The third-order valence-corrected chi connectivity index (χ3v) is 11.1. The van der Waals surface area contributed by atoms with E-state index >= 15 is 0 Å². The first-order chi connectivity index (χ1) is 23.8. The van der Waals surface area contributed by atoms with Crippen LogP contribution in [0.5, 0.6) is 11.8 Å². The molecule has 3 saturated heterocycles. The molecule has 0 N–H and O–H groups in total. The summed E-state index contributed by atoms with van der Waals surface area (Å²) in [4.78, 5) is 31.9. The first kappa shape index (κ1) is 31.9. The molecule has 0 spiro atoms. The Hall–Kier alpha value is -4.30. The monoisotopic (exact) mass is 668 g/mol. The highest BCUT2D eigenvalue weighted by atomic mass is 19.1. The molecule has 9 nitrogen and oxygen atoms in total. The van der Waals surface area contributed by atoms with E-state index in [1.165, 1.54) is 22.4 Å². The van der Waals surface area contributed by atoms with Gasteiger partial charge in [0.15, 0.2) is 11.6 Å². The third-order valence-electron chi connectivity index (χ3n) is 11.1. The second-order valence-electron chi connectivity index (χ2n) is 14.3. The lowest BCUT2D eigenvalue weighted by Crippen LogP contribution is -2.56. The summed E-state index contributed by atoms with van der Waals surface area (Å²) in [5, 5.41) is 0.776. The van der Waals surface area contributed by atoms with Crippen molar-refractivity contribution in [1.82, 2.24) is 19.8 Å². The van der Waals surface area contributed by atoms with E-state index in [4.69, 9.17) is 26.0 Å². The van der Waals surface area contributed by atoms with Crippen LogP contribution >= 0.6 is 0 Å². The number of nitrogens with zero attached hydrogens (tertiary/aromatic N) is 6. The molecule has 11 heteroatoms. The van der Waals surface area contributed by atoms with Gasteiger partial charge in [-0.3, -0.25) is 9.69 Å². The molecule has 5 aliphatic rings. The van der Waals surface area contributed by atoms with Crippen LogP contribution < -0.4 is 14.4 Å². The molecule has 8 rings (SSSR count). The van der Waals surface area contributed by atoms with Gasteiger partial charge in [-0.1, -0.05) is 24.8 Å². The average molecular weight is 669 g/mol. The minimum Gasteiger partial charge on any atom is -0.487 e. The molecule has 0 radical (unpaired) electrons. The fraction of sp³-hybridized carbons (Fsp3) is 0.526. The number of hydrogen-bond donors (Lipinski definition) is 0. The molecule has 1 aromatic heterocycles. The molecule has 49 heavy (non-hydrogen) atoms. The van der Waals surface area contributed by atoms with Crippen molar-refractivity contribution in [1.29, 1.82) is 0 Å². The zero-order chi connectivity index (χ0) is 33.7. The number of carbonyl (C=O) groups excluding carboxylic acids is 1. The number of hydrogen-bond acceptors (Lipinski definition) is 7. The Kier molecular flexibility index (Phi) is 8.38. The number of benzene rings is 2. The normalized spacial score (nSPS) is 25.2. The average Bonchev–Trinajstić information content (AvgIpc) is 3.77. The van der Waals surface area contributed by atoms with E-state index in [1.807, 2.05) is 11.0 Å². The highest BCUT2D eigenvalue weighted by Gasteiger charge is 2.49. The van der Waals surface area contributed by atoms with Crippen LogP contribution in [0.3, 0.4) is 0 Å². The number of piperazine rings is 1. The number of aryl methyl sites for hydroxylation is 1. The number of carbonyl (C=O) groups is 1. The molecule has 2 aromatic carbocycles. The quantitative estimate of drug-likeness (QED) is 0.202. The maximum atomic E-state index is 14.6. The van der Waals surface area contributed by atoms with E-state index < -0.39 is 23.9 Å². The van der Waals surface area contributed by atoms with Crippen LogP contribution in [-0.2, 0) is 17.6 Å². The highest BCUT2D eigenvalue weighted by molar-refractivity contribution is 5.99. The van der Waals surface area contributed by atoms with E-state index in [0.29, 0.717) is 36.6 Å². The summed E-state index contributed by atoms with van der Waals surface area (Å²) in [5.41, 5.74) is 5.16. The number of alkyl halides is 1. The molecule has 1 amide bonds. The standard InChI is InChI=1S/C38H42F2N6O3/c1-24(39)36(47)46-18-17-44(22-27(46)20-41-2)35-32-14-13-31(30-10-5-8-25-7-3-4-9-29(25)30)34(49-28-11-12-28)33(32)42-37(43-35)48-23-38-15-6-16-45(38)21-26(40)19-38/h5,8,10,13-14,26-28H,1,3-4,6-7,9,11-12,15-23H2/t26-,27+,38+/m1/s1. The van der Waals surface area contributed by atoms with Crippen molar-refractivity contribution in [2.24, 2.45) is 0 Å². The van der Waals surface area contributed by atoms with Gasteiger partial charge in [0.2, 0.25) is 6.54 Å². The first-order valence-electron chi connectivity index (χ1n) is 17.7. The van der Waals surface area contributed by atoms with Crippen LogP contribution in [0.15, 0.2) is 42.7 Å². The topological polar surface area (TPSA) is 75.4 Å². The van der Waals surface area contributed by atoms with E-state index in [-0.39, 0.29) is 43.9 Å².